The number of carbonyl (C=O) groups is 2. The van der Waals surface area contributed by atoms with E-state index in [2.05, 4.69) is 16.9 Å². The number of carbonyl (C=O) groups excluding carboxylic acids is 1. The standard InChI is InChI=1S/C16H16N2O3/c1-10(2)7-14(16(20)21)18-15(19)12-8-11-5-3-4-6-13(11)17-9-12/h3-6,8-9,14H,1,7H2,2H3,(H,18,19)(H,20,21)/t14-/m1/s1. The van der Waals surface area contributed by atoms with Gasteiger partial charge in [0, 0.05) is 11.6 Å². The van der Waals surface area contributed by atoms with Gasteiger partial charge >= 0.3 is 5.97 Å². The van der Waals surface area contributed by atoms with Gasteiger partial charge in [0.2, 0.25) is 0 Å². The van der Waals surface area contributed by atoms with Crippen LogP contribution in [0.15, 0.2) is 48.7 Å². The molecule has 0 aliphatic carbocycles. The van der Waals surface area contributed by atoms with E-state index >= 15 is 0 Å². The number of hydrogen-bond donors (Lipinski definition) is 2. The second kappa shape index (κ2) is 6.17. The van der Waals surface area contributed by atoms with Crippen molar-refractivity contribution in [2.75, 3.05) is 0 Å². The van der Waals surface area contributed by atoms with Crippen molar-refractivity contribution >= 4 is 22.8 Å². The zero-order valence-electron chi connectivity index (χ0n) is 11.7. The van der Waals surface area contributed by atoms with Crippen molar-refractivity contribution in [1.29, 1.82) is 0 Å². The molecule has 0 unspecified atom stereocenters. The van der Waals surface area contributed by atoms with Crippen LogP contribution in [0.2, 0.25) is 0 Å². The van der Waals surface area contributed by atoms with Gasteiger partial charge in [-0.2, -0.15) is 0 Å². The van der Waals surface area contributed by atoms with Gasteiger partial charge in [-0.25, -0.2) is 4.79 Å². The molecular formula is C16H16N2O3. The van der Waals surface area contributed by atoms with Gasteiger partial charge in [0.15, 0.2) is 0 Å². The fraction of sp³-hybridized carbons (Fsp3) is 0.188. The Labute approximate surface area is 122 Å². The highest BCUT2D eigenvalue weighted by atomic mass is 16.4. The first-order chi connectivity index (χ1) is 9.97. The number of amides is 1. The summed E-state index contributed by atoms with van der Waals surface area (Å²) in [6.45, 7) is 5.39. The van der Waals surface area contributed by atoms with Crippen LogP contribution in [-0.4, -0.2) is 28.0 Å². The molecule has 0 saturated carbocycles. The van der Waals surface area contributed by atoms with E-state index in [0.717, 1.165) is 10.9 Å². The van der Waals surface area contributed by atoms with Crippen LogP contribution in [0.1, 0.15) is 23.7 Å². The maximum absolute atomic E-state index is 12.1. The van der Waals surface area contributed by atoms with E-state index in [9.17, 15) is 9.59 Å². The van der Waals surface area contributed by atoms with Crippen molar-refractivity contribution in [2.45, 2.75) is 19.4 Å². The van der Waals surface area contributed by atoms with Crippen molar-refractivity contribution in [1.82, 2.24) is 10.3 Å². The Bertz CT molecular complexity index is 709. The van der Waals surface area contributed by atoms with Gasteiger partial charge in [-0.3, -0.25) is 9.78 Å². The van der Waals surface area contributed by atoms with E-state index < -0.39 is 17.9 Å². The van der Waals surface area contributed by atoms with Crippen LogP contribution in [0.3, 0.4) is 0 Å². The summed E-state index contributed by atoms with van der Waals surface area (Å²) in [5, 5.41) is 12.4. The van der Waals surface area contributed by atoms with Crippen molar-refractivity contribution in [2.24, 2.45) is 0 Å². The number of nitrogens with one attached hydrogen (secondary N) is 1. The molecule has 0 bridgehead atoms. The number of carboxylic acid groups (broad SMARTS) is 1. The summed E-state index contributed by atoms with van der Waals surface area (Å²) < 4.78 is 0. The number of hydrogen-bond acceptors (Lipinski definition) is 3. The van der Waals surface area contributed by atoms with Crippen LogP contribution in [0.4, 0.5) is 0 Å². The van der Waals surface area contributed by atoms with Crippen LogP contribution in [0.25, 0.3) is 10.9 Å². The van der Waals surface area contributed by atoms with E-state index in [1.165, 1.54) is 6.20 Å². The maximum atomic E-state index is 12.1. The van der Waals surface area contributed by atoms with Crippen LogP contribution < -0.4 is 5.32 Å². The first-order valence-electron chi connectivity index (χ1n) is 6.50. The molecule has 1 amide bonds. The zero-order chi connectivity index (χ0) is 15.4. The van der Waals surface area contributed by atoms with Gasteiger partial charge in [-0.05, 0) is 25.5 Å². The Morgan fingerprint density at radius 1 is 1.38 bits per heavy atom. The molecule has 0 aliphatic heterocycles. The quantitative estimate of drug-likeness (QED) is 0.826. The third-order valence-electron chi connectivity index (χ3n) is 3.01. The number of aliphatic carboxylic acids is 1. The Kier molecular flexibility index (Phi) is 4.33. The first kappa shape index (κ1) is 14.7. The first-order valence-corrected chi connectivity index (χ1v) is 6.50. The molecule has 2 N–H and O–H groups in total. The summed E-state index contributed by atoms with van der Waals surface area (Å²) in [5.41, 5.74) is 1.81. The minimum atomic E-state index is -1.08. The second-order valence-corrected chi connectivity index (χ2v) is 4.94. The molecule has 0 spiro atoms. The Hall–Kier alpha value is -2.69. The number of fused-ring (bicyclic) bond motifs is 1. The molecule has 21 heavy (non-hydrogen) atoms. The number of carboxylic acids is 1. The van der Waals surface area contributed by atoms with E-state index in [4.69, 9.17) is 5.11 Å². The third-order valence-corrected chi connectivity index (χ3v) is 3.01. The summed E-state index contributed by atoms with van der Waals surface area (Å²) in [4.78, 5) is 27.5. The van der Waals surface area contributed by atoms with E-state index in [1.54, 1.807) is 13.0 Å². The molecule has 0 saturated heterocycles. The van der Waals surface area contributed by atoms with Gasteiger partial charge in [-0.1, -0.05) is 23.8 Å². The lowest BCUT2D eigenvalue weighted by Gasteiger charge is -2.14. The van der Waals surface area contributed by atoms with Gasteiger partial charge < -0.3 is 10.4 Å². The molecule has 2 aromatic rings. The maximum Gasteiger partial charge on any atom is 0.326 e. The zero-order valence-corrected chi connectivity index (χ0v) is 11.7. The van der Waals surface area contributed by atoms with Crippen LogP contribution in [-0.2, 0) is 4.79 Å². The number of nitrogens with zero attached hydrogens (tertiary/aromatic N) is 1. The minimum absolute atomic E-state index is 0.197. The molecule has 0 radical (unpaired) electrons. The third kappa shape index (κ3) is 3.66. The number of para-hydroxylation sites is 1. The number of rotatable bonds is 5. The average molecular weight is 284 g/mol. The summed E-state index contributed by atoms with van der Waals surface area (Å²) in [6.07, 6.45) is 1.64. The van der Waals surface area contributed by atoms with Crippen molar-refractivity contribution in [3.63, 3.8) is 0 Å². The summed E-state index contributed by atoms with van der Waals surface area (Å²) in [6, 6.07) is 8.12. The van der Waals surface area contributed by atoms with Gasteiger partial charge in [0.05, 0.1) is 11.1 Å². The molecule has 1 aromatic carbocycles. The molecule has 0 fully saturated rings. The predicted molar refractivity (Wildman–Crippen MR) is 80.1 cm³/mol. The molecular weight excluding hydrogens is 268 g/mol. The molecule has 1 atom stereocenters. The van der Waals surface area contributed by atoms with Gasteiger partial charge in [0.1, 0.15) is 6.04 Å². The van der Waals surface area contributed by atoms with Crippen molar-refractivity contribution in [3.8, 4) is 0 Å². The SMILES string of the molecule is C=C(C)C[C@@H](NC(=O)c1cnc2ccccc2c1)C(=O)O. The molecule has 0 aliphatic rings. The van der Waals surface area contributed by atoms with E-state index in [1.807, 2.05) is 24.3 Å². The summed E-state index contributed by atoms with van der Waals surface area (Å²) >= 11 is 0. The lowest BCUT2D eigenvalue weighted by Crippen LogP contribution is -2.40. The largest absolute Gasteiger partial charge is 0.480 e. The number of aromatic nitrogens is 1. The van der Waals surface area contributed by atoms with Crippen LogP contribution in [0.5, 0.6) is 0 Å². The normalized spacial score (nSPS) is 11.9. The predicted octanol–water partition coefficient (Wildman–Crippen LogP) is 2.38. The second-order valence-electron chi connectivity index (χ2n) is 4.94. The highest BCUT2D eigenvalue weighted by molar-refractivity contribution is 5.99. The molecule has 2 rings (SSSR count). The highest BCUT2D eigenvalue weighted by Crippen LogP contribution is 2.13. The van der Waals surface area contributed by atoms with Crippen molar-refractivity contribution < 1.29 is 14.7 Å². The lowest BCUT2D eigenvalue weighted by molar-refractivity contribution is -0.139. The average Bonchev–Trinajstić information content (AvgIpc) is 2.45. The molecule has 1 heterocycles. The topological polar surface area (TPSA) is 79.3 Å². The minimum Gasteiger partial charge on any atom is -0.480 e. The molecule has 1 aromatic heterocycles. The summed E-state index contributed by atoms with van der Waals surface area (Å²) in [7, 11) is 0. The molecule has 108 valence electrons. The molecule has 5 heteroatoms. The summed E-state index contributed by atoms with van der Waals surface area (Å²) in [5.74, 6) is -1.54. The number of pyridine rings is 1. The Balaban J connectivity index is 2.20. The Morgan fingerprint density at radius 3 is 2.76 bits per heavy atom. The fourth-order valence-corrected chi connectivity index (χ4v) is 1.99. The van der Waals surface area contributed by atoms with E-state index in [-0.39, 0.29) is 6.42 Å². The highest BCUT2D eigenvalue weighted by Gasteiger charge is 2.20. The van der Waals surface area contributed by atoms with Crippen LogP contribution >= 0.6 is 0 Å². The molecule has 5 nitrogen and oxygen atoms in total. The smallest absolute Gasteiger partial charge is 0.326 e. The van der Waals surface area contributed by atoms with Crippen LogP contribution in [0, 0.1) is 0 Å². The van der Waals surface area contributed by atoms with Gasteiger partial charge in [-0.15, -0.1) is 6.58 Å². The Morgan fingerprint density at radius 2 is 2.10 bits per heavy atom. The van der Waals surface area contributed by atoms with E-state index in [0.29, 0.717) is 11.1 Å². The number of benzene rings is 1. The lowest BCUT2D eigenvalue weighted by atomic mass is 10.1. The van der Waals surface area contributed by atoms with Crippen molar-refractivity contribution in [3.05, 3.63) is 54.2 Å². The monoisotopic (exact) mass is 284 g/mol. The fourth-order valence-electron chi connectivity index (χ4n) is 1.99. The van der Waals surface area contributed by atoms with Gasteiger partial charge in [0.25, 0.3) is 5.91 Å².